The van der Waals surface area contributed by atoms with Crippen LogP contribution in [0.25, 0.3) is 0 Å². The molecule has 0 unspecified atom stereocenters. The molecule has 0 radical (unpaired) electrons. The third kappa shape index (κ3) is 2.43. The van der Waals surface area contributed by atoms with Crippen LogP contribution in [0.2, 0.25) is 0 Å². The summed E-state index contributed by atoms with van der Waals surface area (Å²) in [6.07, 6.45) is 2.74. The van der Waals surface area contributed by atoms with Crippen molar-refractivity contribution in [2.24, 2.45) is 0 Å². The van der Waals surface area contributed by atoms with Gasteiger partial charge in [-0.25, -0.2) is 0 Å². The van der Waals surface area contributed by atoms with Crippen LogP contribution >= 0.6 is 0 Å². The Kier molecular flexibility index (Phi) is 3.96. The Morgan fingerprint density at radius 1 is 1.35 bits per heavy atom. The molecule has 2 aliphatic rings. The first-order chi connectivity index (χ1) is 9.72. The number of hydrogen-bond donors (Lipinski definition) is 2. The molecule has 1 aliphatic heterocycles. The van der Waals surface area contributed by atoms with Crippen LogP contribution < -0.4 is 0 Å². The predicted molar refractivity (Wildman–Crippen MR) is 76.9 cm³/mol. The number of hydrogen-bond acceptors (Lipinski definition) is 4. The largest absolute Gasteiger partial charge is 0.508 e. The van der Waals surface area contributed by atoms with Crippen LogP contribution in [0.1, 0.15) is 24.5 Å². The fourth-order valence-electron chi connectivity index (χ4n) is 3.58. The molecule has 0 spiro atoms. The molecule has 1 aromatic carbocycles. The highest BCUT2D eigenvalue weighted by molar-refractivity contribution is 5.42. The summed E-state index contributed by atoms with van der Waals surface area (Å²) in [6, 6.07) is 6.13. The van der Waals surface area contributed by atoms with Crippen LogP contribution in [-0.2, 0) is 17.6 Å². The number of aliphatic hydroxyl groups is 1. The summed E-state index contributed by atoms with van der Waals surface area (Å²) < 4.78 is 6.03. The van der Waals surface area contributed by atoms with E-state index < -0.39 is 0 Å². The molecule has 3 atom stereocenters. The average Bonchev–Trinajstić information content (AvgIpc) is 2.46. The quantitative estimate of drug-likeness (QED) is 0.875. The van der Waals surface area contributed by atoms with Crippen molar-refractivity contribution in [1.29, 1.82) is 0 Å². The first-order valence-electron chi connectivity index (χ1n) is 7.53. The highest BCUT2D eigenvalue weighted by Crippen LogP contribution is 2.34. The highest BCUT2D eigenvalue weighted by atomic mass is 16.5. The topological polar surface area (TPSA) is 52.9 Å². The van der Waals surface area contributed by atoms with Gasteiger partial charge in [-0.2, -0.15) is 0 Å². The van der Waals surface area contributed by atoms with E-state index in [1.165, 1.54) is 5.56 Å². The number of ether oxygens (including phenoxy) is 1. The Labute approximate surface area is 120 Å². The standard InChI is InChI=1S/C16H23NO3/c1-2-6-17-9-12(10-18)20-16-8-13-11(7-14(16)17)4-3-5-15(13)19/h3-5,12,14,16,18-19H,2,6-10H2,1H3/t12-,14-,16-/m1/s1. The van der Waals surface area contributed by atoms with E-state index >= 15 is 0 Å². The smallest absolute Gasteiger partial charge is 0.119 e. The summed E-state index contributed by atoms with van der Waals surface area (Å²) in [7, 11) is 0. The minimum absolute atomic E-state index is 0.0665. The third-order valence-corrected chi connectivity index (χ3v) is 4.50. The predicted octanol–water partition coefficient (Wildman–Crippen LogP) is 1.33. The van der Waals surface area contributed by atoms with Crippen molar-refractivity contribution in [3.8, 4) is 5.75 Å². The second-order valence-corrected chi connectivity index (χ2v) is 5.86. The van der Waals surface area contributed by atoms with Crippen molar-refractivity contribution >= 4 is 0 Å². The molecule has 4 nitrogen and oxygen atoms in total. The Morgan fingerprint density at radius 3 is 2.95 bits per heavy atom. The van der Waals surface area contributed by atoms with Crippen molar-refractivity contribution in [3.63, 3.8) is 0 Å². The summed E-state index contributed by atoms with van der Waals surface area (Å²) in [5.74, 6) is 0.373. The monoisotopic (exact) mass is 277 g/mol. The van der Waals surface area contributed by atoms with Crippen LogP contribution in [0.15, 0.2) is 18.2 Å². The summed E-state index contributed by atoms with van der Waals surface area (Å²) in [4.78, 5) is 2.45. The number of nitrogens with zero attached hydrogens (tertiary/aromatic N) is 1. The second kappa shape index (κ2) is 5.72. The second-order valence-electron chi connectivity index (χ2n) is 5.86. The van der Waals surface area contributed by atoms with Crippen molar-refractivity contribution in [3.05, 3.63) is 29.3 Å². The molecule has 1 aromatic rings. The van der Waals surface area contributed by atoms with Gasteiger partial charge in [0.05, 0.1) is 18.8 Å². The number of phenols is 1. The molecule has 3 rings (SSSR count). The minimum Gasteiger partial charge on any atom is -0.508 e. The maximum atomic E-state index is 10.0. The summed E-state index contributed by atoms with van der Waals surface area (Å²) >= 11 is 0. The molecule has 0 aromatic heterocycles. The zero-order chi connectivity index (χ0) is 14.1. The normalized spacial score (nSPS) is 29.8. The van der Waals surface area contributed by atoms with E-state index in [-0.39, 0.29) is 18.8 Å². The maximum absolute atomic E-state index is 10.0. The van der Waals surface area contributed by atoms with Crippen molar-refractivity contribution in [1.82, 2.24) is 4.90 Å². The van der Waals surface area contributed by atoms with E-state index in [4.69, 9.17) is 4.74 Å². The fraction of sp³-hybridized carbons (Fsp3) is 0.625. The Morgan fingerprint density at radius 2 is 2.20 bits per heavy atom. The zero-order valence-electron chi connectivity index (χ0n) is 12.0. The molecule has 110 valence electrons. The molecule has 1 saturated heterocycles. The summed E-state index contributed by atoms with van der Waals surface area (Å²) in [6.45, 7) is 4.09. The molecular formula is C16H23NO3. The van der Waals surface area contributed by atoms with Gasteiger partial charge in [-0.1, -0.05) is 19.1 Å². The first-order valence-corrected chi connectivity index (χ1v) is 7.53. The lowest BCUT2D eigenvalue weighted by atomic mass is 9.83. The number of benzene rings is 1. The molecule has 20 heavy (non-hydrogen) atoms. The lowest BCUT2D eigenvalue weighted by molar-refractivity contribution is -0.135. The van der Waals surface area contributed by atoms with Crippen LogP contribution in [0.3, 0.4) is 0 Å². The van der Waals surface area contributed by atoms with Crippen molar-refractivity contribution < 1.29 is 14.9 Å². The molecular weight excluding hydrogens is 254 g/mol. The molecule has 1 fully saturated rings. The summed E-state index contributed by atoms with van der Waals surface area (Å²) in [5.41, 5.74) is 2.25. The van der Waals surface area contributed by atoms with Crippen molar-refractivity contribution in [2.45, 2.75) is 44.4 Å². The molecule has 2 N–H and O–H groups in total. The van der Waals surface area contributed by atoms with E-state index in [1.807, 2.05) is 6.07 Å². The molecule has 4 heteroatoms. The van der Waals surface area contributed by atoms with Crippen LogP contribution in [0.5, 0.6) is 5.75 Å². The van der Waals surface area contributed by atoms with Gasteiger partial charge in [-0.05, 0) is 36.6 Å². The molecule has 0 amide bonds. The number of phenolic OH excluding ortho intramolecular Hbond substituents is 1. The summed E-state index contributed by atoms with van der Waals surface area (Å²) in [5, 5.41) is 19.4. The van der Waals surface area contributed by atoms with E-state index in [0.717, 1.165) is 37.9 Å². The Bertz CT molecular complexity index is 477. The SMILES string of the molecule is CCCN1C[C@H](CO)O[C@@H]2Cc3c(O)cccc3C[C@H]21. The first kappa shape index (κ1) is 13.9. The van der Waals surface area contributed by atoms with E-state index in [1.54, 1.807) is 6.07 Å². The maximum Gasteiger partial charge on any atom is 0.119 e. The number of aliphatic hydroxyl groups excluding tert-OH is 1. The van der Waals surface area contributed by atoms with Crippen molar-refractivity contribution in [2.75, 3.05) is 19.7 Å². The number of fused-ring (bicyclic) bond motifs is 2. The van der Waals surface area contributed by atoms with Gasteiger partial charge in [0, 0.05) is 19.0 Å². The number of morpholine rings is 1. The van der Waals surface area contributed by atoms with Gasteiger partial charge >= 0.3 is 0 Å². The lowest BCUT2D eigenvalue weighted by Crippen LogP contribution is -2.58. The van der Waals surface area contributed by atoms with Crippen LogP contribution in [0.4, 0.5) is 0 Å². The van der Waals surface area contributed by atoms with Gasteiger partial charge in [0.1, 0.15) is 5.75 Å². The van der Waals surface area contributed by atoms with E-state index in [9.17, 15) is 10.2 Å². The van der Waals surface area contributed by atoms with Gasteiger partial charge in [0.25, 0.3) is 0 Å². The fourth-order valence-corrected chi connectivity index (χ4v) is 3.58. The van der Waals surface area contributed by atoms with E-state index in [0.29, 0.717) is 11.8 Å². The molecule has 1 aliphatic carbocycles. The Balaban J connectivity index is 1.88. The van der Waals surface area contributed by atoms with Gasteiger partial charge in [0.15, 0.2) is 0 Å². The van der Waals surface area contributed by atoms with Gasteiger partial charge in [-0.3, -0.25) is 4.90 Å². The van der Waals surface area contributed by atoms with Gasteiger partial charge in [0.2, 0.25) is 0 Å². The molecule has 1 heterocycles. The molecule has 0 saturated carbocycles. The zero-order valence-corrected chi connectivity index (χ0v) is 12.0. The van der Waals surface area contributed by atoms with Gasteiger partial charge < -0.3 is 14.9 Å². The number of aromatic hydroxyl groups is 1. The lowest BCUT2D eigenvalue weighted by Gasteiger charge is -2.47. The third-order valence-electron chi connectivity index (χ3n) is 4.50. The highest BCUT2D eigenvalue weighted by Gasteiger charge is 2.40. The van der Waals surface area contributed by atoms with Gasteiger partial charge in [-0.15, -0.1) is 0 Å². The van der Waals surface area contributed by atoms with E-state index in [2.05, 4.69) is 17.9 Å². The minimum atomic E-state index is -0.102. The van der Waals surface area contributed by atoms with Crippen LogP contribution in [0, 0.1) is 0 Å². The number of rotatable bonds is 3. The van der Waals surface area contributed by atoms with Crippen LogP contribution in [-0.4, -0.2) is 53.1 Å². The molecule has 0 bridgehead atoms. The average molecular weight is 277 g/mol. The Hall–Kier alpha value is -1.10.